The van der Waals surface area contributed by atoms with Crippen LogP contribution < -0.4 is 0 Å². The Balaban J connectivity index is 1.65. The van der Waals surface area contributed by atoms with Gasteiger partial charge in [-0.25, -0.2) is 8.42 Å². The van der Waals surface area contributed by atoms with Gasteiger partial charge in [0.2, 0.25) is 0 Å². The molecule has 8 heteroatoms. The van der Waals surface area contributed by atoms with Gasteiger partial charge >= 0.3 is 7.12 Å². The summed E-state index contributed by atoms with van der Waals surface area (Å²) in [4.78, 5) is 4.49. The summed E-state index contributed by atoms with van der Waals surface area (Å²) in [7, 11) is -4.40. The van der Waals surface area contributed by atoms with Crippen LogP contribution in [0, 0.1) is 5.92 Å². The van der Waals surface area contributed by atoms with Crippen LogP contribution in [0.5, 0.6) is 5.75 Å². The summed E-state index contributed by atoms with van der Waals surface area (Å²) in [5.41, 5.74) is 4.50. The molecule has 2 N–H and O–H groups in total. The summed E-state index contributed by atoms with van der Waals surface area (Å²) in [6, 6.07) is 12.6. The molecule has 0 unspecified atom stereocenters. The number of fused-ring (bicyclic) bond motifs is 1. The highest BCUT2D eigenvalue weighted by atomic mass is 32.2. The zero-order valence-electron chi connectivity index (χ0n) is 18.3. The van der Waals surface area contributed by atoms with E-state index in [9.17, 15) is 18.5 Å². The number of benzene rings is 1. The fourth-order valence-electron chi connectivity index (χ4n) is 4.60. The lowest BCUT2D eigenvalue weighted by atomic mass is 9.74. The van der Waals surface area contributed by atoms with Crippen molar-refractivity contribution in [3.63, 3.8) is 0 Å². The smallest absolute Gasteiger partial charge is 0.456 e. The molecule has 2 aliphatic rings. The zero-order valence-corrected chi connectivity index (χ0v) is 19.1. The number of aromatic hydroxyl groups is 1. The zero-order chi connectivity index (χ0) is 22.9. The van der Waals surface area contributed by atoms with Gasteiger partial charge in [0, 0.05) is 12.5 Å². The second-order valence-corrected chi connectivity index (χ2v) is 10.9. The van der Waals surface area contributed by atoms with E-state index in [1.165, 1.54) is 0 Å². The number of hydrogen-bond donors (Lipinski definition) is 2. The van der Waals surface area contributed by atoms with Gasteiger partial charge in [-0.2, -0.15) is 0 Å². The first kappa shape index (κ1) is 22.8. The van der Waals surface area contributed by atoms with Crippen molar-refractivity contribution in [1.29, 1.82) is 0 Å². The van der Waals surface area contributed by atoms with Crippen LogP contribution in [0.4, 0.5) is 0 Å². The van der Waals surface area contributed by atoms with Gasteiger partial charge in [-0.05, 0) is 71.4 Å². The number of pyridine rings is 1. The Morgan fingerprint density at radius 2 is 2.00 bits per heavy atom. The predicted octanol–water partition coefficient (Wildman–Crippen LogP) is 3.74. The molecular formula is C24H28BNO5S. The van der Waals surface area contributed by atoms with Gasteiger partial charge in [-0.3, -0.25) is 4.98 Å². The van der Waals surface area contributed by atoms with Crippen molar-refractivity contribution >= 4 is 28.6 Å². The average Bonchev–Trinajstić information content (AvgIpc) is 3.04. The number of phenols is 1. The first-order valence-electron chi connectivity index (χ1n) is 10.9. The highest BCUT2D eigenvalue weighted by Gasteiger charge is 2.48. The SMILES string of the molecule is CC(C)C1=C2[C@@H](CC/C(=C/c3ccc(O)cc3)c3ccccn3)OB(O)C[C@@H]2S(=O)(=O)C1. The molecule has 1 aromatic heterocycles. The summed E-state index contributed by atoms with van der Waals surface area (Å²) in [5.74, 6) is 0.356. The molecule has 32 heavy (non-hydrogen) atoms. The molecule has 0 radical (unpaired) electrons. The molecular weight excluding hydrogens is 425 g/mol. The normalized spacial score (nSPS) is 23.0. The van der Waals surface area contributed by atoms with Crippen molar-refractivity contribution in [3.05, 3.63) is 71.1 Å². The van der Waals surface area contributed by atoms with Crippen molar-refractivity contribution < 1.29 is 23.2 Å². The van der Waals surface area contributed by atoms with E-state index in [1.54, 1.807) is 18.3 Å². The molecule has 0 spiro atoms. The van der Waals surface area contributed by atoms with Gasteiger partial charge in [0.25, 0.3) is 0 Å². The van der Waals surface area contributed by atoms with E-state index in [0.717, 1.165) is 28.0 Å². The lowest BCUT2D eigenvalue weighted by molar-refractivity contribution is 0.170. The average molecular weight is 453 g/mol. The quantitative estimate of drug-likeness (QED) is 0.511. The minimum atomic E-state index is -3.32. The van der Waals surface area contributed by atoms with Gasteiger partial charge in [-0.1, -0.05) is 32.0 Å². The number of nitrogens with zero attached hydrogens (tertiary/aromatic N) is 1. The minimum absolute atomic E-state index is 0.0493. The van der Waals surface area contributed by atoms with Gasteiger partial charge in [0.1, 0.15) is 5.75 Å². The lowest BCUT2D eigenvalue weighted by Gasteiger charge is -2.32. The third kappa shape index (κ3) is 4.82. The van der Waals surface area contributed by atoms with Crippen LogP contribution in [-0.4, -0.2) is 47.8 Å². The third-order valence-electron chi connectivity index (χ3n) is 6.19. The summed E-state index contributed by atoms with van der Waals surface area (Å²) in [6.07, 6.45) is 4.53. The van der Waals surface area contributed by atoms with E-state index < -0.39 is 28.3 Å². The molecule has 2 aromatic rings. The summed E-state index contributed by atoms with van der Waals surface area (Å²) < 4.78 is 31.4. The first-order chi connectivity index (χ1) is 15.2. The molecule has 1 aromatic carbocycles. The van der Waals surface area contributed by atoms with E-state index in [0.29, 0.717) is 12.8 Å². The molecule has 4 rings (SSSR count). The second kappa shape index (κ2) is 9.21. The molecule has 3 heterocycles. The van der Waals surface area contributed by atoms with Gasteiger partial charge in [0.15, 0.2) is 9.84 Å². The van der Waals surface area contributed by atoms with Crippen molar-refractivity contribution in [3.8, 4) is 5.75 Å². The number of allylic oxidation sites excluding steroid dienone is 1. The van der Waals surface area contributed by atoms with E-state index in [1.807, 2.05) is 50.3 Å². The number of rotatable bonds is 6. The second-order valence-electron chi connectivity index (χ2n) is 8.76. The molecule has 0 amide bonds. The molecule has 0 bridgehead atoms. The number of hydrogen-bond acceptors (Lipinski definition) is 6. The van der Waals surface area contributed by atoms with Crippen LogP contribution in [0.3, 0.4) is 0 Å². The maximum atomic E-state index is 12.8. The van der Waals surface area contributed by atoms with Gasteiger partial charge in [-0.15, -0.1) is 0 Å². The molecule has 6 nitrogen and oxygen atoms in total. The predicted molar refractivity (Wildman–Crippen MR) is 127 cm³/mol. The fraction of sp³-hybridized carbons (Fsp3) is 0.375. The van der Waals surface area contributed by atoms with Crippen LogP contribution in [0.2, 0.25) is 6.32 Å². The third-order valence-corrected chi connectivity index (χ3v) is 8.22. The molecule has 2 aliphatic heterocycles. The molecule has 1 saturated heterocycles. The Morgan fingerprint density at radius 3 is 2.66 bits per heavy atom. The van der Waals surface area contributed by atoms with Crippen molar-refractivity contribution in [2.45, 2.75) is 44.4 Å². The van der Waals surface area contributed by atoms with E-state index >= 15 is 0 Å². The molecule has 2 atom stereocenters. The molecule has 1 fully saturated rings. The first-order valence-corrected chi connectivity index (χ1v) is 12.6. The number of aromatic nitrogens is 1. The van der Waals surface area contributed by atoms with Gasteiger partial charge in [0.05, 0.1) is 22.8 Å². The van der Waals surface area contributed by atoms with E-state index in [-0.39, 0.29) is 23.7 Å². The number of sulfone groups is 1. The van der Waals surface area contributed by atoms with Crippen LogP contribution in [-0.2, 0) is 14.5 Å². The fourth-order valence-corrected chi connectivity index (χ4v) is 6.88. The Bertz CT molecular complexity index is 1130. The van der Waals surface area contributed by atoms with E-state index in [2.05, 4.69) is 4.98 Å². The van der Waals surface area contributed by atoms with Crippen LogP contribution in [0.25, 0.3) is 11.6 Å². The summed E-state index contributed by atoms with van der Waals surface area (Å²) >= 11 is 0. The molecule has 0 saturated carbocycles. The largest absolute Gasteiger partial charge is 0.508 e. The summed E-state index contributed by atoms with van der Waals surface area (Å²) in [5, 5.41) is 19.2. The monoisotopic (exact) mass is 453 g/mol. The topological polar surface area (TPSA) is 96.7 Å². The van der Waals surface area contributed by atoms with E-state index in [4.69, 9.17) is 4.65 Å². The Morgan fingerprint density at radius 1 is 1.25 bits per heavy atom. The minimum Gasteiger partial charge on any atom is -0.508 e. The summed E-state index contributed by atoms with van der Waals surface area (Å²) in [6.45, 7) is 4.01. The standard InChI is InChI=1S/C24H28BNO5S/c1-16(2)20-15-32(29,30)23-14-25(28)31-22(24(20)23)11-8-18(21-5-3-4-12-26-21)13-17-6-9-19(27)10-7-17/h3-7,9-10,12-13,16,22-23,27-28H,8,11,14-15H2,1-2H3/b18-13-/t22-,23+/m1/s1. The highest BCUT2D eigenvalue weighted by molar-refractivity contribution is 7.92. The molecule has 0 aliphatic carbocycles. The Labute approximate surface area is 189 Å². The maximum Gasteiger partial charge on any atom is 0.456 e. The number of phenolic OH excluding ortho intramolecular Hbond substituents is 1. The van der Waals surface area contributed by atoms with Crippen LogP contribution in [0.1, 0.15) is 37.9 Å². The van der Waals surface area contributed by atoms with Crippen LogP contribution >= 0.6 is 0 Å². The molecule has 168 valence electrons. The van der Waals surface area contributed by atoms with Crippen molar-refractivity contribution in [2.24, 2.45) is 5.92 Å². The van der Waals surface area contributed by atoms with Gasteiger partial charge < -0.3 is 14.8 Å². The van der Waals surface area contributed by atoms with Crippen molar-refractivity contribution in [1.82, 2.24) is 4.98 Å². The lowest BCUT2D eigenvalue weighted by Crippen LogP contribution is -2.42. The van der Waals surface area contributed by atoms with Crippen molar-refractivity contribution in [2.75, 3.05) is 5.75 Å². The Hall–Kier alpha value is -2.42. The Kier molecular flexibility index (Phi) is 6.56. The van der Waals surface area contributed by atoms with Crippen LogP contribution in [0.15, 0.2) is 59.8 Å². The highest BCUT2D eigenvalue weighted by Crippen LogP contribution is 2.42. The maximum absolute atomic E-state index is 12.8.